The summed E-state index contributed by atoms with van der Waals surface area (Å²) < 4.78 is 10.8. The highest BCUT2D eigenvalue weighted by atomic mass is 16.6. The Bertz CT molecular complexity index is 406. The van der Waals surface area contributed by atoms with Crippen LogP contribution in [0.1, 0.15) is 39.5 Å². The maximum absolute atomic E-state index is 11.0. The molecule has 19 heavy (non-hydrogen) atoms. The summed E-state index contributed by atoms with van der Waals surface area (Å²) in [6.45, 7) is 5.11. The largest absolute Gasteiger partial charge is 0.493 e. The molecule has 0 atom stereocenters. The summed E-state index contributed by atoms with van der Waals surface area (Å²) >= 11 is 0. The Kier molecular flexibility index (Phi) is 6.71. The molecule has 1 rings (SSSR count). The zero-order chi connectivity index (χ0) is 14.1. The van der Waals surface area contributed by atoms with Crippen molar-refractivity contribution in [1.29, 1.82) is 0 Å². The van der Waals surface area contributed by atoms with Crippen molar-refractivity contribution in [3.8, 4) is 11.5 Å². The first-order valence-corrected chi connectivity index (χ1v) is 6.64. The standard InChI is InChI=1S/C14H20NO4/c1-3-5-9-18-12-7-8-14(19-10-6-4-2)13(11-12)15(16)17/h8,11H,3-6,9-10H2,1-2H3. The molecule has 0 aliphatic heterocycles. The lowest BCUT2D eigenvalue weighted by Gasteiger charge is -2.08. The average molecular weight is 266 g/mol. The fourth-order valence-electron chi connectivity index (χ4n) is 1.44. The summed E-state index contributed by atoms with van der Waals surface area (Å²) in [6.07, 6.45) is 3.78. The van der Waals surface area contributed by atoms with E-state index in [1.807, 2.05) is 6.92 Å². The molecule has 5 heteroatoms. The molecule has 105 valence electrons. The van der Waals surface area contributed by atoms with E-state index in [4.69, 9.17) is 9.47 Å². The van der Waals surface area contributed by atoms with Gasteiger partial charge in [0.2, 0.25) is 0 Å². The van der Waals surface area contributed by atoms with E-state index in [-0.39, 0.29) is 11.4 Å². The predicted molar refractivity (Wildman–Crippen MR) is 72.7 cm³/mol. The van der Waals surface area contributed by atoms with Crippen molar-refractivity contribution in [2.24, 2.45) is 0 Å². The number of nitrogens with zero attached hydrogens (tertiary/aromatic N) is 1. The number of hydrogen-bond donors (Lipinski definition) is 0. The molecule has 0 unspecified atom stereocenters. The van der Waals surface area contributed by atoms with Gasteiger partial charge >= 0.3 is 5.69 Å². The molecule has 0 aliphatic rings. The number of rotatable bonds is 9. The summed E-state index contributed by atoms with van der Waals surface area (Å²) in [4.78, 5) is 10.5. The van der Waals surface area contributed by atoms with Crippen molar-refractivity contribution in [3.05, 3.63) is 28.3 Å². The minimum absolute atomic E-state index is 0.0682. The highest BCUT2D eigenvalue weighted by Gasteiger charge is 2.16. The maximum atomic E-state index is 11.0. The first-order chi connectivity index (χ1) is 9.19. The van der Waals surface area contributed by atoms with Gasteiger partial charge in [-0.15, -0.1) is 0 Å². The summed E-state index contributed by atoms with van der Waals surface area (Å²) in [7, 11) is 0. The van der Waals surface area contributed by atoms with Gasteiger partial charge in [-0.25, -0.2) is 0 Å². The molecule has 0 fully saturated rings. The Morgan fingerprint density at radius 1 is 1.21 bits per heavy atom. The third-order valence-electron chi connectivity index (χ3n) is 2.57. The van der Waals surface area contributed by atoms with Crippen molar-refractivity contribution >= 4 is 5.69 Å². The van der Waals surface area contributed by atoms with E-state index in [1.54, 1.807) is 0 Å². The van der Waals surface area contributed by atoms with Gasteiger partial charge in [0.05, 0.1) is 24.2 Å². The first-order valence-electron chi connectivity index (χ1n) is 6.64. The molecule has 1 radical (unpaired) electrons. The number of hydrogen-bond acceptors (Lipinski definition) is 4. The monoisotopic (exact) mass is 266 g/mol. The Morgan fingerprint density at radius 3 is 2.42 bits per heavy atom. The lowest BCUT2D eigenvalue weighted by atomic mass is 10.2. The van der Waals surface area contributed by atoms with Gasteiger partial charge in [-0.3, -0.25) is 10.1 Å². The fourth-order valence-corrected chi connectivity index (χ4v) is 1.44. The molecule has 0 amide bonds. The van der Waals surface area contributed by atoms with Gasteiger partial charge in [-0.1, -0.05) is 26.7 Å². The minimum Gasteiger partial charge on any atom is -0.493 e. The van der Waals surface area contributed by atoms with E-state index in [0.29, 0.717) is 19.0 Å². The van der Waals surface area contributed by atoms with Crippen LogP contribution in [0, 0.1) is 16.2 Å². The van der Waals surface area contributed by atoms with Crippen molar-refractivity contribution in [2.75, 3.05) is 13.2 Å². The lowest BCUT2D eigenvalue weighted by Crippen LogP contribution is -2.02. The Hall–Kier alpha value is -1.78. The van der Waals surface area contributed by atoms with Gasteiger partial charge in [-0.05, 0) is 18.9 Å². The van der Waals surface area contributed by atoms with Crippen molar-refractivity contribution in [3.63, 3.8) is 0 Å². The molecule has 1 aromatic rings. The van der Waals surface area contributed by atoms with Crippen LogP contribution in [-0.4, -0.2) is 18.1 Å². The van der Waals surface area contributed by atoms with E-state index in [1.165, 1.54) is 12.1 Å². The molecule has 0 spiro atoms. The van der Waals surface area contributed by atoms with Gasteiger partial charge < -0.3 is 9.47 Å². The van der Waals surface area contributed by atoms with Crippen LogP contribution in [0.2, 0.25) is 0 Å². The molecule has 5 nitrogen and oxygen atoms in total. The van der Waals surface area contributed by atoms with Gasteiger partial charge in [0.15, 0.2) is 5.75 Å². The van der Waals surface area contributed by atoms with E-state index in [2.05, 4.69) is 13.0 Å². The van der Waals surface area contributed by atoms with Crippen LogP contribution in [0.3, 0.4) is 0 Å². The second-order valence-electron chi connectivity index (χ2n) is 4.21. The van der Waals surface area contributed by atoms with Crippen LogP contribution < -0.4 is 9.47 Å². The minimum atomic E-state index is -0.457. The SMILES string of the molecule is CCCCOc1[c]cc(OCCCC)c([N+](=O)[O-])c1. The fraction of sp³-hybridized carbons (Fsp3) is 0.571. The normalized spacial score (nSPS) is 10.2. The highest BCUT2D eigenvalue weighted by Crippen LogP contribution is 2.30. The third-order valence-corrected chi connectivity index (χ3v) is 2.57. The highest BCUT2D eigenvalue weighted by molar-refractivity contribution is 5.50. The second-order valence-corrected chi connectivity index (χ2v) is 4.21. The number of nitro groups is 1. The number of ether oxygens (including phenoxy) is 2. The van der Waals surface area contributed by atoms with E-state index < -0.39 is 4.92 Å². The molecular weight excluding hydrogens is 246 g/mol. The summed E-state index contributed by atoms with van der Waals surface area (Å²) in [5, 5.41) is 11.0. The Balaban J connectivity index is 2.73. The molecule has 0 saturated carbocycles. The first kappa shape index (κ1) is 15.3. The van der Waals surface area contributed by atoms with Gasteiger partial charge in [0.25, 0.3) is 0 Å². The molecule has 1 aromatic carbocycles. The van der Waals surface area contributed by atoms with Crippen LogP contribution >= 0.6 is 0 Å². The molecule has 0 bridgehead atoms. The predicted octanol–water partition coefficient (Wildman–Crippen LogP) is 3.75. The molecule has 0 saturated heterocycles. The smallest absolute Gasteiger partial charge is 0.314 e. The van der Waals surface area contributed by atoms with Crippen LogP contribution in [0.15, 0.2) is 12.1 Å². The Morgan fingerprint density at radius 2 is 1.84 bits per heavy atom. The lowest BCUT2D eigenvalue weighted by molar-refractivity contribution is -0.386. The number of unbranched alkanes of at least 4 members (excludes halogenated alkanes) is 2. The quantitative estimate of drug-likeness (QED) is 0.388. The molecule has 0 N–H and O–H groups in total. The van der Waals surface area contributed by atoms with Gasteiger partial charge in [0.1, 0.15) is 5.75 Å². The van der Waals surface area contributed by atoms with Crippen molar-refractivity contribution in [1.82, 2.24) is 0 Å². The van der Waals surface area contributed by atoms with E-state index >= 15 is 0 Å². The van der Waals surface area contributed by atoms with Crippen molar-refractivity contribution < 1.29 is 14.4 Å². The van der Waals surface area contributed by atoms with E-state index in [0.717, 1.165) is 25.7 Å². The number of benzene rings is 1. The average Bonchev–Trinajstić information content (AvgIpc) is 2.40. The van der Waals surface area contributed by atoms with E-state index in [9.17, 15) is 10.1 Å². The van der Waals surface area contributed by atoms with Crippen molar-refractivity contribution in [2.45, 2.75) is 39.5 Å². The summed E-state index contributed by atoms with van der Waals surface area (Å²) in [5.74, 6) is 0.643. The third kappa shape index (κ3) is 5.16. The van der Waals surface area contributed by atoms with Gasteiger partial charge in [0, 0.05) is 6.07 Å². The summed E-state index contributed by atoms with van der Waals surface area (Å²) in [6, 6.07) is 5.72. The van der Waals surface area contributed by atoms with Crippen LogP contribution in [0.4, 0.5) is 5.69 Å². The van der Waals surface area contributed by atoms with Crippen LogP contribution in [-0.2, 0) is 0 Å². The molecule has 0 aromatic heterocycles. The number of nitro benzene ring substituents is 1. The topological polar surface area (TPSA) is 61.6 Å². The molecule has 0 heterocycles. The zero-order valence-electron chi connectivity index (χ0n) is 11.5. The van der Waals surface area contributed by atoms with Crippen LogP contribution in [0.25, 0.3) is 0 Å². The molecular formula is C14H20NO4. The maximum Gasteiger partial charge on any atom is 0.314 e. The molecule has 0 aliphatic carbocycles. The van der Waals surface area contributed by atoms with Gasteiger partial charge in [-0.2, -0.15) is 0 Å². The van der Waals surface area contributed by atoms with Crippen LogP contribution in [0.5, 0.6) is 11.5 Å². The summed E-state index contributed by atoms with van der Waals surface area (Å²) in [5.41, 5.74) is -0.0682. The second kappa shape index (κ2) is 8.34. The zero-order valence-corrected chi connectivity index (χ0v) is 11.5. The Labute approximate surface area is 113 Å².